The van der Waals surface area contributed by atoms with Crippen LogP contribution in [0.3, 0.4) is 0 Å². The van der Waals surface area contributed by atoms with Crippen molar-refractivity contribution in [2.24, 2.45) is 0 Å². The summed E-state index contributed by atoms with van der Waals surface area (Å²) in [5.41, 5.74) is 10.0. The van der Waals surface area contributed by atoms with E-state index in [-0.39, 0.29) is 5.91 Å². The van der Waals surface area contributed by atoms with Crippen molar-refractivity contribution in [1.29, 1.82) is 0 Å². The lowest BCUT2D eigenvalue weighted by Gasteiger charge is -2.15. The quantitative estimate of drug-likeness (QED) is 0.197. The number of benzene rings is 3. The molecule has 0 bridgehead atoms. The molecule has 1 atom stereocenters. The topological polar surface area (TPSA) is 94.2 Å². The van der Waals surface area contributed by atoms with E-state index < -0.39 is 15.3 Å². The molecule has 1 heterocycles. The number of para-hydroxylation sites is 2. The minimum atomic E-state index is -3.81. The fourth-order valence-corrected chi connectivity index (χ4v) is 5.17. The molecule has 176 valence electrons. The first-order valence-corrected chi connectivity index (χ1v) is 12.4. The van der Waals surface area contributed by atoms with Crippen molar-refractivity contribution < 1.29 is 13.2 Å². The van der Waals surface area contributed by atoms with Crippen LogP contribution in [0.5, 0.6) is 0 Å². The predicted molar refractivity (Wildman–Crippen MR) is 142 cm³/mol. The first-order valence-electron chi connectivity index (χ1n) is 10.9. The van der Waals surface area contributed by atoms with Crippen LogP contribution in [0.15, 0.2) is 116 Å². The third-order valence-electron chi connectivity index (χ3n) is 5.51. The number of amides is 1. The van der Waals surface area contributed by atoms with Crippen LogP contribution in [-0.2, 0) is 14.8 Å². The number of nitrogens with two attached hydrogens (primary N) is 1. The van der Waals surface area contributed by atoms with E-state index in [4.69, 9.17) is 5.73 Å². The SMILES string of the molecule is C=CC(c1ccc(-c2ccccc2)cc1)S(=O)(=O)n1ccc(/C=C/C(=O)Nc2ccccc2N)c1. The lowest BCUT2D eigenvalue weighted by molar-refractivity contribution is -0.111. The molecule has 0 saturated heterocycles. The second-order valence-corrected chi connectivity index (χ2v) is 9.83. The fourth-order valence-electron chi connectivity index (χ4n) is 3.66. The summed E-state index contributed by atoms with van der Waals surface area (Å²) in [5.74, 6) is -0.374. The van der Waals surface area contributed by atoms with Crippen molar-refractivity contribution in [3.05, 3.63) is 127 Å². The number of nitrogens with zero attached hydrogens (tertiary/aromatic N) is 1. The fraction of sp³-hybridized carbons (Fsp3) is 0.0357. The van der Waals surface area contributed by atoms with Crippen LogP contribution in [0, 0.1) is 0 Å². The average molecular weight is 484 g/mol. The number of aromatic nitrogens is 1. The van der Waals surface area contributed by atoms with Crippen molar-refractivity contribution in [2.45, 2.75) is 5.25 Å². The zero-order valence-corrected chi connectivity index (χ0v) is 19.7. The molecule has 6 nitrogen and oxygen atoms in total. The van der Waals surface area contributed by atoms with Gasteiger partial charge < -0.3 is 11.1 Å². The Morgan fingerprint density at radius 1 is 0.914 bits per heavy atom. The summed E-state index contributed by atoms with van der Waals surface area (Å²) in [4.78, 5) is 12.2. The van der Waals surface area contributed by atoms with Crippen LogP contribution in [-0.4, -0.2) is 18.3 Å². The van der Waals surface area contributed by atoms with Crippen molar-refractivity contribution in [1.82, 2.24) is 3.97 Å². The van der Waals surface area contributed by atoms with Crippen LogP contribution < -0.4 is 11.1 Å². The minimum absolute atomic E-state index is 0.374. The largest absolute Gasteiger partial charge is 0.397 e. The molecule has 0 spiro atoms. The molecule has 0 aliphatic rings. The van der Waals surface area contributed by atoms with E-state index in [2.05, 4.69) is 11.9 Å². The highest BCUT2D eigenvalue weighted by Gasteiger charge is 2.26. The second kappa shape index (κ2) is 10.3. The Bertz CT molecular complexity index is 1470. The maximum Gasteiger partial charge on any atom is 0.249 e. The molecule has 0 radical (unpaired) electrons. The first-order chi connectivity index (χ1) is 16.9. The molecule has 3 N–H and O–H groups in total. The summed E-state index contributed by atoms with van der Waals surface area (Å²) >= 11 is 0. The molecule has 35 heavy (non-hydrogen) atoms. The highest BCUT2D eigenvalue weighted by molar-refractivity contribution is 7.90. The van der Waals surface area contributed by atoms with Gasteiger partial charge in [0.05, 0.1) is 11.4 Å². The monoisotopic (exact) mass is 483 g/mol. The Kier molecular flexibility index (Phi) is 6.98. The van der Waals surface area contributed by atoms with E-state index >= 15 is 0 Å². The summed E-state index contributed by atoms with van der Waals surface area (Å²) in [7, 11) is -3.81. The Labute approximate surface area is 205 Å². The van der Waals surface area contributed by atoms with Gasteiger partial charge in [0.25, 0.3) is 0 Å². The van der Waals surface area contributed by atoms with Gasteiger partial charge >= 0.3 is 0 Å². The van der Waals surface area contributed by atoms with Crippen molar-refractivity contribution in [3.63, 3.8) is 0 Å². The van der Waals surface area contributed by atoms with Crippen molar-refractivity contribution in [3.8, 4) is 11.1 Å². The van der Waals surface area contributed by atoms with Gasteiger partial charge in [-0.05, 0) is 46.5 Å². The predicted octanol–water partition coefficient (Wildman–Crippen LogP) is 5.49. The van der Waals surface area contributed by atoms with Gasteiger partial charge in [-0.3, -0.25) is 8.77 Å². The van der Waals surface area contributed by atoms with Gasteiger partial charge in [0, 0.05) is 18.5 Å². The second-order valence-electron chi connectivity index (χ2n) is 7.87. The Morgan fingerprint density at radius 3 is 2.26 bits per heavy atom. The highest BCUT2D eigenvalue weighted by atomic mass is 32.2. The molecule has 0 aliphatic heterocycles. The number of carbonyl (C=O) groups is 1. The van der Waals surface area contributed by atoms with Crippen LogP contribution in [0.25, 0.3) is 17.2 Å². The maximum absolute atomic E-state index is 13.3. The first kappa shape index (κ1) is 23.8. The van der Waals surface area contributed by atoms with Gasteiger partial charge in [0.15, 0.2) is 0 Å². The number of rotatable bonds is 8. The molecule has 1 aromatic heterocycles. The molecule has 4 rings (SSSR count). The summed E-state index contributed by atoms with van der Waals surface area (Å²) in [5, 5.41) is 1.76. The number of nitrogen functional groups attached to an aromatic ring is 1. The van der Waals surface area contributed by atoms with Crippen LogP contribution in [0.2, 0.25) is 0 Å². The van der Waals surface area contributed by atoms with E-state index in [1.165, 1.54) is 30.6 Å². The van der Waals surface area contributed by atoms with Gasteiger partial charge in [-0.1, -0.05) is 72.8 Å². The molecule has 4 aromatic rings. The van der Waals surface area contributed by atoms with E-state index in [0.717, 1.165) is 15.1 Å². The van der Waals surface area contributed by atoms with Gasteiger partial charge in [0.2, 0.25) is 15.9 Å². The Balaban J connectivity index is 1.50. The molecular weight excluding hydrogens is 458 g/mol. The number of anilines is 2. The van der Waals surface area contributed by atoms with Crippen LogP contribution in [0.4, 0.5) is 11.4 Å². The summed E-state index contributed by atoms with van der Waals surface area (Å²) in [6, 6.07) is 25.8. The smallest absolute Gasteiger partial charge is 0.249 e. The summed E-state index contributed by atoms with van der Waals surface area (Å²) in [6.45, 7) is 3.75. The average Bonchev–Trinajstić information content (AvgIpc) is 3.36. The van der Waals surface area contributed by atoms with Crippen LogP contribution >= 0.6 is 0 Å². The van der Waals surface area contributed by atoms with E-state index in [0.29, 0.717) is 22.5 Å². The Morgan fingerprint density at radius 2 is 1.57 bits per heavy atom. The van der Waals surface area contributed by atoms with Crippen LogP contribution in [0.1, 0.15) is 16.4 Å². The van der Waals surface area contributed by atoms with Gasteiger partial charge in [-0.2, -0.15) is 0 Å². The normalized spacial score (nSPS) is 12.3. The van der Waals surface area contributed by atoms with Gasteiger partial charge in [0.1, 0.15) is 5.25 Å². The number of nitrogens with one attached hydrogen (secondary N) is 1. The van der Waals surface area contributed by atoms with E-state index in [1.54, 1.807) is 42.5 Å². The number of carbonyl (C=O) groups excluding carboxylic acids is 1. The Hall–Kier alpha value is -4.36. The van der Waals surface area contributed by atoms with E-state index in [1.807, 2.05) is 42.5 Å². The third kappa shape index (κ3) is 5.42. The molecule has 0 saturated carbocycles. The zero-order valence-electron chi connectivity index (χ0n) is 18.9. The third-order valence-corrected chi connectivity index (χ3v) is 7.43. The van der Waals surface area contributed by atoms with Crippen molar-refractivity contribution >= 4 is 33.4 Å². The lowest BCUT2D eigenvalue weighted by atomic mass is 10.0. The molecule has 0 aliphatic carbocycles. The molecule has 7 heteroatoms. The molecule has 1 unspecified atom stereocenters. The zero-order chi connectivity index (χ0) is 24.8. The lowest BCUT2D eigenvalue weighted by Crippen LogP contribution is -2.18. The summed E-state index contributed by atoms with van der Waals surface area (Å²) in [6.07, 6.45) is 7.20. The molecule has 0 fully saturated rings. The maximum atomic E-state index is 13.3. The standard InChI is InChI=1S/C28H25N3O3S/c1-2-27(24-15-13-23(14-16-24)22-8-4-3-5-9-22)35(33,34)31-19-18-21(20-31)12-17-28(32)30-26-11-7-6-10-25(26)29/h2-20,27H,1,29H2,(H,30,32)/b17-12+. The molecular formula is C28H25N3O3S. The van der Waals surface area contributed by atoms with Crippen molar-refractivity contribution in [2.75, 3.05) is 11.1 Å². The van der Waals surface area contributed by atoms with Gasteiger partial charge in [-0.25, -0.2) is 8.42 Å². The highest BCUT2D eigenvalue weighted by Crippen LogP contribution is 2.29. The number of hydrogen-bond acceptors (Lipinski definition) is 4. The summed E-state index contributed by atoms with van der Waals surface area (Å²) < 4.78 is 27.8. The van der Waals surface area contributed by atoms with E-state index in [9.17, 15) is 13.2 Å². The minimum Gasteiger partial charge on any atom is -0.397 e. The molecule has 3 aromatic carbocycles. The molecule has 1 amide bonds. The van der Waals surface area contributed by atoms with Gasteiger partial charge in [-0.15, -0.1) is 6.58 Å². The number of hydrogen-bond donors (Lipinski definition) is 2.